The van der Waals surface area contributed by atoms with E-state index in [0.29, 0.717) is 42.7 Å². The second-order valence-corrected chi connectivity index (χ2v) is 16.4. The molecule has 1 heterocycles. The Morgan fingerprint density at radius 3 is 2.64 bits per heavy atom. The molecule has 2 aromatic carbocycles. The van der Waals surface area contributed by atoms with E-state index in [0.717, 1.165) is 68.6 Å². The van der Waals surface area contributed by atoms with Gasteiger partial charge in [-0.15, -0.1) is 0 Å². The van der Waals surface area contributed by atoms with Crippen LogP contribution in [0.2, 0.25) is 5.02 Å². The van der Waals surface area contributed by atoms with Crippen LogP contribution in [0, 0.1) is 23.7 Å². The third-order valence-electron chi connectivity index (χ3n) is 11.0. The lowest BCUT2D eigenvalue weighted by atomic mass is 9.68. The fourth-order valence-corrected chi connectivity index (χ4v) is 9.92. The summed E-state index contributed by atoms with van der Waals surface area (Å²) in [6, 6.07) is 11.5. The van der Waals surface area contributed by atoms with Gasteiger partial charge < -0.3 is 14.7 Å². The van der Waals surface area contributed by atoms with Crippen molar-refractivity contribution in [1.29, 1.82) is 0 Å². The van der Waals surface area contributed by atoms with Crippen molar-refractivity contribution in [2.75, 3.05) is 24.6 Å². The minimum atomic E-state index is -3.85. The molecule has 6 rings (SSSR count). The number of fused-ring (bicyclic) bond motifs is 3. The first-order valence-corrected chi connectivity index (χ1v) is 18.5. The van der Waals surface area contributed by atoms with Crippen molar-refractivity contribution < 1.29 is 23.1 Å². The Bertz CT molecular complexity index is 1490. The molecule has 240 valence electrons. The molecule has 9 heteroatoms. The predicted molar refractivity (Wildman–Crippen MR) is 175 cm³/mol. The molecule has 44 heavy (non-hydrogen) atoms. The Kier molecular flexibility index (Phi) is 8.99. The van der Waals surface area contributed by atoms with Gasteiger partial charge in [-0.3, -0.25) is 4.79 Å². The van der Waals surface area contributed by atoms with Crippen molar-refractivity contribution in [3.05, 3.63) is 58.1 Å². The SMILES string of the molecule is CC[C@H](C)[C@H](CC1CC1)S(=O)(=O)NC(=O)c1ccc2c(c1)N(C[C@@H]1CC[C@H]1[C@H](C)O)C[C@@]1(CCCc3cc(Cl)ccc31)CO2. The van der Waals surface area contributed by atoms with Crippen LogP contribution < -0.4 is 14.4 Å². The van der Waals surface area contributed by atoms with Crippen LogP contribution in [-0.2, 0) is 21.9 Å². The van der Waals surface area contributed by atoms with E-state index in [1.54, 1.807) is 12.1 Å². The maximum absolute atomic E-state index is 13.6. The molecule has 6 atom stereocenters. The summed E-state index contributed by atoms with van der Waals surface area (Å²) in [4.78, 5) is 15.9. The number of aliphatic hydroxyl groups excluding tert-OH is 1. The van der Waals surface area contributed by atoms with Gasteiger partial charge in [0.15, 0.2) is 0 Å². The summed E-state index contributed by atoms with van der Waals surface area (Å²) in [5, 5.41) is 10.6. The number of amides is 1. The molecule has 0 bridgehead atoms. The number of aliphatic hydroxyl groups is 1. The van der Waals surface area contributed by atoms with Crippen LogP contribution in [0.1, 0.15) is 93.6 Å². The van der Waals surface area contributed by atoms with Gasteiger partial charge in [-0.05, 0) is 111 Å². The molecule has 2 aromatic rings. The number of carbonyl (C=O) groups is 1. The fraction of sp³-hybridized carbons (Fsp3) is 0.629. The van der Waals surface area contributed by atoms with Gasteiger partial charge in [0.2, 0.25) is 10.0 Å². The molecular weight excluding hydrogens is 596 g/mol. The number of aryl methyl sites for hydroxylation is 1. The van der Waals surface area contributed by atoms with Crippen LogP contribution in [0.4, 0.5) is 5.69 Å². The lowest BCUT2D eigenvalue weighted by Crippen LogP contribution is -2.49. The van der Waals surface area contributed by atoms with Crippen LogP contribution in [0.5, 0.6) is 5.75 Å². The van der Waals surface area contributed by atoms with Crippen LogP contribution >= 0.6 is 11.6 Å². The van der Waals surface area contributed by atoms with Crippen molar-refractivity contribution in [2.24, 2.45) is 23.7 Å². The number of hydrogen-bond donors (Lipinski definition) is 2. The number of anilines is 1. The number of benzene rings is 2. The van der Waals surface area contributed by atoms with Crippen LogP contribution in [0.3, 0.4) is 0 Å². The maximum atomic E-state index is 13.6. The zero-order valence-electron chi connectivity index (χ0n) is 26.2. The van der Waals surface area contributed by atoms with Gasteiger partial charge in [-0.25, -0.2) is 13.1 Å². The number of nitrogens with zero attached hydrogens (tertiary/aromatic N) is 1. The Morgan fingerprint density at radius 2 is 1.95 bits per heavy atom. The van der Waals surface area contributed by atoms with Crippen molar-refractivity contribution in [3.8, 4) is 5.75 Å². The quantitative estimate of drug-likeness (QED) is 0.307. The summed E-state index contributed by atoms with van der Waals surface area (Å²) in [5.74, 6) is 1.05. The van der Waals surface area contributed by atoms with Crippen molar-refractivity contribution in [2.45, 2.75) is 95.3 Å². The first-order valence-electron chi connectivity index (χ1n) is 16.5. The van der Waals surface area contributed by atoms with E-state index in [9.17, 15) is 18.3 Å². The van der Waals surface area contributed by atoms with Crippen molar-refractivity contribution in [3.63, 3.8) is 0 Å². The number of sulfonamides is 1. The third-order valence-corrected chi connectivity index (χ3v) is 13.2. The number of hydrogen-bond acceptors (Lipinski definition) is 6. The second kappa shape index (κ2) is 12.5. The molecule has 1 aliphatic heterocycles. The zero-order valence-corrected chi connectivity index (χ0v) is 27.8. The first kappa shape index (κ1) is 31.7. The molecule has 2 saturated carbocycles. The van der Waals surface area contributed by atoms with Gasteiger partial charge in [0, 0.05) is 29.1 Å². The van der Waals surface area contributed by atoms with Gasteiger partial charge >= 0.3 is 0 Å². The molecule has 1 spiro atoms. The molecule has 0 radical (unpaired) electrons. The fourth-order valence-electron chi connectivity index (χ4n) is 7.87. The molecule has 0 aromatic heterocycles. The molecule has 7 nitrogen and oxygen atoms in total. The average molecular weight is 643 g/mol. The van der Waals surface area contributed by atoms with E-state index in [4.69, 9.17) is 16.3 Å². The number of ether oxygens (including phenoxy) is 1. The topological polar surface area (TPSA) is 95.9 Å². The number of carbonyl (C=O) groups excluding carboxylic acids is 1. The van der Waals surface area contributed by atoms with E-state index in [2.05, 4.69) is 21.8 Å². The molecule has 0 saturated heterocycles. The second-order valence-electron chi connectivity index (χ2n) is 14.1. The minimum absolute atomic E-state index is 0.0365. The van der Waals surface area contributed by atoms with E-state index < -0.39 is 21.2 Å². The molecule has 2 N–H and O–H groups in total. The highest BCUT2D eigenvalue weighted by Crippen LogP contribution is 2.46. The highest BCUT2D eigenvalue weighted by Gasteiger charge is 2.44. The Labute approximate surface area is 267 Å². The largest absolute Gasteiger partial charge is 0.490 e. The van der Waals surface area contributed by atoms with Crippen molar-refractivity contribution >= 4 is 33.2 Å². The Hall–Kier alpha value is -2.29. The van der Waals surface area contributed by atoms with E-state index >= 15 is 0 Å². The van der Waals surface area contributed by atoms with Gasteiger partial charge in [0.1, 0.15) is 5.75 Å². The summed E-state index contributed by atoms with van der Waals surface area (Å²) in [6.07, 6.45) is 8.12. The number of nitrogens with one attached hydrogen (secondary N) is 1. The summed E-state index contributed by atoms with van der Waals surface area (Å²) in [5.41, 5.74) is 3.39. The highest BCUT2D eigenvalue weighted by molar-refractivity contribution is 7.90. The monoisotopic (exact) mass is 642 g/mol. The number of halogens is 1. The van der Waals surface area contributed by atoms with Crippen LogP contribution in [-0.4, -0.2) is 50.5 Å². The normalized spacial score (nSPS) is 26.8. The van der Waals surface area contributed by atoms with Gasteiger partial charge in [0.25, 0.3) is 5.91 Å². The lowest BCUT2D eigenvalue weighted by Gasteiger charge is -2.45. The van der Waals surface area contributed by atoms with Crippen molar-refractivity contribution in [1.82, 2.24) is 4.72 Å². The molecule has 1 amide bonds. The zero-order chi connectivity index (χ0) is 31.2. The van der Waals surface area contributed by atoms with Gasteiger partial charge in [-0.2, -0.15) is 0 Å². The van der Waals surface area contributed by atoms with Crippen LogP contribution in [0.25, 0.3) is 0 Å². The minimum Gasteiger partial charge on any atom is -0.490 e. The molecule has 2 fully saturated rings. The van der Waals surface area contributed by atoms with Gasteiger partial charge in [-0.1, -0.05) is 50.8 Å². The highest BCUT2D eigenvalue weighted by atomic mass is 35.5. The summed E-state index contributed by atoms with van der Waals surface area (Å²) in [6.45, 7) is 7.78. The smallest absolute Gasteiger partial charge is 0.264 e. The molecule has 0 unspecified atom stereocenters. The standard InChI is InChI=1S/C35H47ClN2O5S/c1-4-22(2)33(16-24-7-8-24)44(41,42)37-34(40)26-10-14-32-31(18-26)38(19-27-9-12-29(27)23(3)39)20-35(21-43-32)15-5-6-25-17-28(36)11-13-30(25)35/h10-11,13-14,17-18,22-24,27,29,33,39H,4-9,12,15-16,19-21H2,1-3H3,(H,37,40)/t22-,23-,27-,29-,33-,35-/m0/s1. The molecule has 3 aliphatic carbocycles. The molecular formula is C35H47ClN2O5S. The summed E-state index contributed by atoms with van der Waals surface area (Å²) < 4.78 is 36.1. The summed E-state index contributed by atoms with van der Waals surface area (Å²) in [7, 11) is -3.85. The Morgan fingerprint density at radius 1 is 1.16 bits per heavy atom. The average Bonchev–Trinajstić information content (AvgIpc) is 3.80. The maximum Gasteiger partial charge on any atom is 0.264 e. The lowest BCUT2D eigenvalue weighted by molar-refractivity contribution is 0.0278. The van der Waals surface area contributed by atoms with E-state index in [1.807, 2.05) is 32.9 Å². The summed E-state index contributed by atoms with van der Waals surface area (Å²) >= 11 is 6.40. The molecule has 4 aliphatic rings. The van der Waals surface area contributed by atoms with Gasteiger partial charge in [0.05, 0.1) is 23.6 Å². The predicted octanol–water partition coefficient (Wildman–Crippen LogP) is 6.49. The van der Waals surface area contributed by atoms with Crippen LogP contribution in [0.15, 0.2) is 36.4 Å². The number of rotatable bonds is 10. The Balaban J connectivity index is 1.32. The first-order chi connectivity index (χ1) is 21.0. The van der Waals surface area contributed by atoms with E-state index in [1.165, 1.54) is 11.1 Å². The third kappa shape index (κ3) is 6.36. The van der Waals surface area contributed by atoms with E-state index in [-0.39, 0.29) is 23.4 Å².